The maximum atomic E-state index is 12.7. The fraction of sp³-hybridized carbons (Fsp3) is 0.0909. The van der Waals surface area contributed by atoms with E-state index in [1.54, 1.807) is 23.9 Å². The number of hydrogen-bond donors (Lipinski definition) is 1. The van der Waals surface area contributed by atoms with Gasteiger partial charge in [-0.05, 0) is 36.8 Å². The Morgan fingerprint density at radius 1 is 1.23 bits per heavy atom. The molecule has 4 aromatic rings. The van der Waals surface area contributed by atoms with Gasteiger partial charge in [-0.3, -0.25) is 4.79 Å². The smallest absolute Gasteiger partial charge is 0.267 e. The van der Waals surface area contributed by atoms with Gasteiger partial charge in [-0.2, -0.15) is 15.0 Å². The van der Waals surface area contributed by atoms with E-state index >= 15 is 0 Å². The number of aryl methyl sites for hydroxylation is 1. The van der Waals surface area contributed by atoms with Gasteiger partial charge in [0.2, 0.25) is 5.13 Å². The number of rotatable bonds is 5. The molecule has 0 bridgehead atoms. The van der Waals surface area contributed by atoms with Crippen LogP contribution >= 0.6 is 11.3 Å². The van der Waals surface area contributed by atoms with Crippen molar-refractivity contribution in [2.75, 3.05) is 12.4 Å². The first-order valence-electron chi connectivity index (χ1n) is 9.07. The summed E-state index contributed by atoms with van der Waals surface area (Å²) in [6, 6.07) is 18.5. The summed E-state index contributed by atoms with van der Waals surface area (Å²) in [4.78, 5) is 17.3. The first-order chi connectivity index (χ1) is 14.6. The highest BCUT2D eigenvalue weighted by Gasteiger charge is 2.17. The van der Waals surface area contributed by atoms with Crippen LogP contribution in [0.3, 0.4) is 0 Å². The summed E-state index contributed by atoms with van der Waals surface area (Å²) in [6.07, 6.45) is 1.55. The third-order valence-electron chi connectivity index (χ3n) is 4.31. The van der Waals surface area contributed by atoms with Gasteiger partial charge in [-0.25, -0.2) is 4.98 Å². The van der Waals surface area contributed by atoms with E-state index in [4.69, 9.17) is 4.74 Å². The molecule has 2 aromatic heterocycles. The summed E-state index contributed by atoms with van der Waals surface area (Å²) in [6.45, 7) is 1.83. The van der Waals surface area contributed by atoms with Crippen LogP contribution in [0, 0.1) is 18.3 Å². The summed E-state index contributed by atoms with van der Waals surface area (Å²) in [5, 5.41) is 17.3. The number of carbonyl (C=O) groups is 1. The van der Waals surface area contributed by atoms with E-state index in [-0.39, 0.29) is 5.57 Å². The molecule has 0 aliphatic heterocycles. The van der Waals surface area contributed by atoms with Crippen molar-refractivity contribution < 1.29 is 9.53 Å². The molecule has 7 nitrogen and oxygen atoms in total. The van der Waals surface area contributed by atoms with Crippen LogP contribution in [0.5, 0.6) is 5.75 Å². The number of benzene rings is 2. The minimum absolute atomic E-state index is 0.000592. The highest BCUT2D eigenvalue weighted by molar-refractivity contribution is 7.20. The first kappa shape index (κ1) is 19.4. The molecule has 0 saturated carbocycles. The third kappa shape index (κ3) is 3.92. The van der Waals surface area contributed by atoms with Crippen LogP contribution < -0.4 is 10.1 Å². The number of amides is 1. The lowest BCUT2D eigenvalue weighted by Crippen LogP contribution is -2.16. The van der Waals surface area contributed by atoms with Crippen LogP contribution in [0.1, 0.15) is 11.3 Å². The highest BCUT2D eigenvalue weighted by atomic mass is 32.1. The van der Waals surface area contributed by atoms with Gasteiger partial charge in [0.15, 0.2) is 0 Å². The molecule has 0 aliphatic carbocycles. The second kappa shape index (κ2) is 8.19. The van der Waals surface area contributed by atoms with Crippen LogP contribution in [0.25, 0.3) is 21.4 Å². The molecule has 30 heavy (non-hydrogen) atoms. The number of nitrogens with one attached hydrogen (secondary N) is 1. The molecule has 0 radical (unpaired) electrons. The summed E-state index contributed by atoms with van der Waals surface area (Å²) < 4.78 is 7.78. The molecule has 8 heteroatoms. The van der Waals surface area contributed by atoms with Gasteiger partial charge in [-0.1, -0.05) is 41.7 Å². The minimum atomic E-state index is -0.509. The van der Waals surface area contributed by atoms with E-state index in [2.05, 4.69) is 15.4 Å². The number of methoxy groups -OCH3 is 1. The molecule has 148 valence electrons. The normalized spacial score (nSPS) is 11.3. The maximum absolute atomic E-state index is 12.7. The number of carbonyl (C=O) groups excluding carboxylic acids is 1. The van der Waals surface area contributed by atoms with Crippen molar-refractivity contribution in [2.24, 2.45) is 0 Å². The molecule has 0 aliphatic rings. The van der Waals surface area contributed by atoms with Gasteiger partial charge in [0, 0.05) is 6.07 Å². The lowest BCUT2D eigenvalue weighted by Gasteiger charge is -2.05. The molecule has 1 N–H and O–H groups in total. The van der Waals surface area contributed by atoms with Crippen LogP contribution in [-0.4, -0.2) is 27.8 Å². The van der Waals surface area contributed by atoms with Gasteiger partial charge < -0.3 is 10.1 Å². The van der Waals surface area contributed by atoms with Crippen molar-refractivity contribution in [1.29, 1.82) is 5.26 Å². The van der Waals surface area contributed by atoms with E-state index in [0.29, 0.717) is 16.6 Å². The zero-order valence-corrected chi connectivity index (χ0v) is 17.1. The standard InChI is InChI=1S/C22H17N5O2S/c1-14-10-20(25-21(28)16(13-23)11-15-6-4-3-5-7-15)27(26-14)22-24-18-9-8-17(29-2)12-19(18)30-22/h3-12H,1-2H3,(H,25,28)/b16-11+. The van der Waals surface area contributed by atoms with Crippen LogP contribution in [0.2, 0.25) is 0 Å². The molecular weight excluding hydrogens is 398 g/mol. The van der Waals surface area contributed by atoms with Crippen molar-refractivity contribution in [2.45, 2.75) is 6.92 Å². The fourth-order valence-electron chi connectivity index (χ4n) is 2.89. The van der Waals surface area contributed by atoms with Gasteiger partial charge in [-0.15, -0.1) is 0 Å². The Hall–Kier alpha value is -3.96. The van der Waals surface area contributed by atoms with Crippen molar-refractivity contribution in [3.05, 3.63) is 71.4 Å². The lowest BCUT2D eigenvalue weighted by molar-refractivity contribution is -0.112. The Morgan fingerprint density at radius 2 is 2.03 bits per heavy atom. The Kier molecular flexibility index (Phi) is 5.28. The quantitative estimate of drug-likeness (QED) is 0.386. The number of nitrogens with zero attached hydrogens (tertiary/aromatic N) is 4. The Morgan fingerprint density at radius 3 is 2.77 bits per heavy atom. The topological polar surface area (TPSA) is 92.8 Å². The fourth-order valence-corrected chi connectivity index (χ4v) is 3.85. The Labute approximate surface area is 176 Å². The zero-order chi connectivity index (χ0) is 21.1. The summed E-state index contributed by atoms with van der Waals surface area (Å²) in [5.74, 6) is 0.676. The molecule has 1 amide bonds. The predicted molar refractivity (Wildman–Crippen MR) is 117 cm³/mol. The molecule has 0 unspecified atom stereocenters. The summed E-state index contributed by atoms with van der Waals surface area (Å²) in [7, 11) is 1.61. The van der Waals surface area contributed by atoms with E-state index in [0.717, 1.165) is 21.5 Å². The number of hydrogen-bond acceptors (Lipinski definition) is 6. The zero-order valence-electron chi connectivity index (χ0n) is 16.3. The molecule has 0 atom stereocenters. The summed E-state index contributed by atoms with van der Waals surface area (Å²) >= 11 is 1.43. The van der Waals surface area contributed by atoms with Crippen molar-refractivity contribution in [3.8, 4) is 17.0 Å². The van der Waals surface area contributed by atoms with Crippen molar-refractivity contribution >= 4 is 39.4 Å². The number of thiazole rings is 1. The number of nitriles is 1. The van der Waals surface area contributed by atoms with Gasteiger partial charge in [0.05, 0.1) is 23.0 Å². The third-order valence-corrected chi connectivity index (χ3v) is 5.31. The number of fused-ring (bicyclic) bond motifs is 1. The molecule has 4 rings (SSSR count). The minimum Gasteiger partial charge on any atom is -0.497 e. The average Bonchev–Trinajstić information content (AvgIpc) is 3.34. The van der Waals surface area contributed by atoms with E-state index in [9.17, 15) is 10.1 Å². The highest BCUT2D eigenvalue weighted by Crippen LogP contribution is 2.30. The molecule has 0 saturated heterocycles. The van der Waals surface area contributed by atoms with Crippen molar-refractivity contribution in [3.63, 3.8) is 0 Å². The van der Waals surface area contributed by atoms with Crippen LogP contribution in [0.4, 0.5) is 5.82 Å². The SMILES string of the molecule is COc1ccc2nc(-n3nc(C)cc3NC(=O)/C(C#N)=C/c3ccccc3)sc2c1. The second-order valence-electron chi connectivity index (χ2n) is 6.45. The van der Waals surface area contributed by atoms with E-state index in [1.165, 1.54) is 11.3 Å². The Bertz CT molecular complexity index is 1300. The summed E-state index contributed by atoms with van der Waals surface area (Å²) in [5.41, 5.74) is 2.30. The monoisotopic (exact) mass is 415 g/mol. The number of ether oxygens (including phenoxy) is 1. The molecule has 2 heterocycles. The molecule has 2 aromatic carbocycles. The largest absolute Gasteiger partial charge is 0.497 e. The van der Waals surface area contributed by atoms with Crippen LogP contribution in [-0.2, 0) is 4.79 Å². The van der Waals surface area contributed by atoms with E-state index < -0.39 is 5.91 Å². The van der Waals surface area contributed by atoms with E-state index in [1.807, 2.05) is 61.5 Å². The van der Waals surface area contributed by atoms with Gasteiger partial charge in [0.1, 0.15) is 23.2 Å². The average molecular weight is 415 g/mol. The first-order valence-corrected chi connectivity index (χ1v) is 9.89. The molecule has 0 fully saturated rings. The van der Waals surface area contributed by atoms with Crippen LogP contribution in [0.15, 0.2) is 60.2 Å². The predicted octanol–water partition coefficient (Wildman–Crippen LogP) is 4.34. The maximum Gasteiger partial charge on any atom is 0.267 e. The van der Waals surface area contributed by atoms with Crippen molar-refractivity contribution in [1.82, 2.24) is 14.8 Å². The van der Waals surface area contributed by atoms with Gasteiger partial charge in [0.25, 0.3) is 5.91 Å². The molecule has 0 spiro atoms. The number of aromatic nitrogens is 3. The van der Waals surface area contributed by atoms with Gasteiger partial charge >= 0.3 is 0 Å². The Balaban J connectivity index is 1.66. The molecular formula is C22H17N5O2S. The lowest BCUT2D eigenvalue weighted by atomic mass is 10.1. The second-order valence-corrected chi connectivity index (χ2v) is 7.46. The number of anilines is 1.